The summed E-state index contributed by atoms with van der Waals surface area (Å²) in [5.74, 6) is 0.422. The van der Waals surface area contributed by atoms with E-state index in [1.165, 1.54) is 12.1 Å². The highest BCUT2D eigenvalue weighted by molar-refractivity contribution is 8.13. The fourth-order valence-corrected chi connectivity index (χ4v) is 2.62. The van der Waals surface area contributed by atoms with E-state index < -0.39 is 9.05 Å². The predicted octanol–water partition coefficient (Wildman–Crippen LogP) is 2.49. The summed E-state index contributed by atoms with van der Waals surface area (Å²) < 4.78 is 27.8. The molecule has 2 aromatic rings. The first-order chi connectivity index (χ1) is 9.88. The lowest BCUT2D eigenvalue weighted by Crippen LogP contribution is -2.26. The van der Waals surface area contributed by atoms with Gasteiger partial charge in [-0.1, -0.05) is 6.07 Å². The third kappa shape index (κ3) is 4.09. The van der Waals surface area contributed by atoms with Gasteiger partial charge in [-0.2, -0.15) is 0 Å². The number of nitrogens with one attached hydrogen (secondary N) is 1. The van der Waals surface area contributed by atoms with E-state index in [9.17, 15) is 13.2 Å². The zero-order valence-electron chi connectivity index (χ0n) is 11.3. The molecule has 0 atom stereocenters. The molecule has 0 aliphatic rings. The second-order valence-corrected chi connectivity index (χ2v) is 7.07. The van der Waals surface area contributed by atoms with Gasteiger partial charge in [0, 0.05) is 29.2 Å². The zero-order chi connectivity index (χ0) is 15.5. The van der Waals surface area contributed by atoms with Gasteiger partial charge in [0.15, 0.2) is 0 Å². The molecular formula is C14H14ClNO4S. The summed E-state index contributed by atoms with van der Waals surface area (Å²) in [5.41, 5.74) is 0.964. The lowest BCUT2D eigenvalue weighted by molar-refractivity contribution is 0.0953. The summed E-state index contributed by atoms with van der Waals surface area (Å²) in [7, 11) is 1.43. The van der Waals surface area contributed by atoms with Crippen LogP contribution in [0.5, 0.6) is 0 Å². The highest BCUT2D eigenvalue weighted by Gasteiger charge is 2.15. The molecule has 0 spiro atoms. The Bertz CT molecular complexity index is 738. The topological polar surface area (TPSA) is 76.4 Å². The molecule has 1 heterocycles. The van der Waals surface area contributed by atoms with Crippen LogP contribution >= 0.6 is 10.7 Å². The molecule has 21 heavy (non-hydrogen) atoms. The van der Waals surface area contributed by atoms with Crippen LogP contribution in [0.2, 0.25) is 0 Å². The van der Waals surface area contributed by atoms with Crippen molar-refractivity contribution in [1.29, 1.82) is 0 Å². The molecule has 0 saturated heterocycles. The summed E-state index contributed by atoms with van der Waals surface area (Å²) in [6.07, 6.45) is 2.13. The third-order valence-electron chi connectivity index (χ3n) is 2.97. The summed E-state index contributed by atoms with van der Waals surface area (Å²) >= 11 is 0. The number of amides is 1. The Morgan fingerprint density at radius 1 is 1.33 bits per heavy atom. The van der Waals surface area contributed by atoms with Gasteiger partial charge in [0.1, 0.15) is 5.76 Å². The molecule has 2 rings (SSSR count). The van der Waals surface area contributed by atoms with Gasteiger partial charge in [0.25, 0.3) is 15.0 Å². The van der Waals surface area contributed by atoms with E-state index in [1.54, 1.807) is 25.3 Å². The van der Waals surface area contributed by atoms with Crippen molar-refractivity contribution in [3.63, 3.8) is 0 Å². The normalized spacial score (nSPS) is 11.3. The number of carbonyl (C=O) groups excluding carboxylic acids is 1. The van der Waals surface area contributed by atoms with Crippen molar-refractivity contribution in [3.05, 3.63) is 53.5 Å². The van der Waals surface area contributed by atoms with E-state index in [0.29, 0.717) is 18.5 Å². The Hall–Kier alpha value is -1.79. The van der Waals surface area contributed by atoms with Crippen LogP contribution in [0.3, 0.4) is 0 Å². The number of hydrogen-bond acceptors (Lipinski definition) is 4. The number of aryl methyl sites for hydroxylation is 1. The maximum absolute atomic E-state index is 12.1. The first kappa shape index (κ1) is 15.6. The number of rotatable bonds is 5. The van der Waals surface area contributed by atoms with Crippen molar-refractivity contribution < 1.29 is 17.6 Å². The Morgan fingerprint density at radius 3 is 2.71 bits per heavy atom. The molecule has 7 heteroatoms. The minimum absolute atomic E-state index is 0.0917. The van der Waals surface area contributed by atoms with Gasteiger partial charge in [-0.3, -0.25) is 4.79 Å². The molecule has 0 aliphatic carbocycles. The van der Waals surface area contributed by atoms with Crippen molar-refractivity contribution in [2.75, 3.05) is 6.54 Å². The van der Waals surface area contributed by atoms with Crippen LogP contribution in [-0.4, -0.2) is 20.9 Å². The van der Waals surface area contributed by atoms with E-state index in [4.69, 9.17) is 15.1 Å². The molecule has 0 saturated carbocycles. The lowest BCUT2D eigenvalue weighted by atomic mass is 10.1. The lowest BCUT2D eigenvalue weighted by Gasteiger charge is -2.08. The first-order valence-electron chi connectivity index (χ1n) is 6.24. The Morgan fingerprint density at radius 2 is 2.10 bits per heavy atom. The SMILES string of the molecule is Cc1ccc(S(=O)(=O)Cl)cc1C(=O)NCCc1ccco1. The number of halogens is 1. The average Bonchev–Trinajstić information content (AvgIpc) is 2.91. The van der Waals surface area contributed by atoms with Gasteiger partial charge in [0.2, 0.25) is 0 Å². The second-order valence-electron chi connectivity index (χ2n) is 4.50. The zero-order valence-corrected chi connectivity index (χ0v) is 12.9. The fraction of sp³-hybridized carbons (Fsp3) is 0.214. The molecule has 0 aliphatic heterocycles. The molecule has 1 aromatic carbocycles. The molecule has 0 bridgehead atoms. The standard InChI is InChI=1S/C14H14ClNO4S/c1-10-4-5-12(21(15,18)19)9-13(10)14(17)16-7-6-11-3-2-8-20-11/h2-5,8-9H,6-7H2,1H3,(H,16,17). The maximum atomic E-state index is 12.1. The van der Waals surface area contributed by atoms with Gasteiger partial charge in [-0.05, 0) is 36.8 Å². The van der Waals surface area contributed by atoms with Crippen molar-refractivity contribution >= 4 is 25.6 Å². The summed E-state index contributed by atoms with van der Waals surface area (Å²) in [6.45, 7) is 2.12. The highest BCUT2D eigenvalue weighted by atomic mass is 35.7. The van der Waals surface area contributed by atoms with Crippen molar-refractivity contribution in [3.8, 4) is 0 Å². The predicted molar refractivity (Wildman–Crippen MR) is 79.0 cm³/mol. The third-order valence-corrected chi connectivity index (χ3v) is 4.32. The van der Waals surface area contributed by atoms with Crippen LogP contribution in [0.1, 0.15) is 21.7 Å². The van der Waals surface area contributed by atoms with Gasteiger partial charge >= 0.3 is 0 Å². The minimum atomic E-state index is -3.85. The fourth-order valence-electron chi connectivity index (χ4n) is 1.85. The van der Waals surface area contributed by atoms with Crippen LogP contribution in [0.15, 0.2) is 45.9 Å². The summed E-state index contributed by atoms with van der Waals surface area (Å²) in [4.78, 5) is 12.0. The molecule has 1 N–H and O–H groups in total. The van der Waals surface area contributed by atoms with E-state index in [1.807, 2.05) is 6.07 Å². The van der Waals surface area contributed by atoms with E-state index in [2.05, 4.69) is 5.32 Å². The van der Waals surface area contributed by atoms with Crippen LogP contribution in [-0.2, 0) is 15.5 Å². The Labute approximate surface area is 127 Å². The molecule has 0 fully saturated rings. The van der Waals surface area contributed by atoms with Gasteiger partial charge in [-0.15, -0.1) is 0 Å². The molecule has 112 valence electrons. The largest absolute Gasteiger partial charge is 0.469 e. The first-order valence-corrected chi connectivity index (χ1v) is 8.55. The molecule has 5 nitrogen and oxygen atoms in total. The van der Waals surface area contributed by atoms with Gasteiger partial charge < -0.3 is 9.73 Å². The monoisotopic (exact) mass is 327 g/mol. The molecule has 1 amide bonds. The molecule has 0 radical (unpaired) electrons. The highest BCUT2D eigenvalue weighted by Crippen LogP contribution is 2.19. The Kier molecular flexibility index (Phi) is 4.69. The number of carbonyl (C=O) groups is 1. The minimum Gasteiger partial charge on any atom is -0.469 e. The average molecular weight is 328 g/mol. The Balaban J connectivity index is 2.08. The van der Waals surface area contributed by atoms with E-state index >= 15 is 0 Å². The molecular weight excluding hydrogens is 314 g/mol. The van der Waals surface area contributed by atoms with Crippen LogP contribution in [0.25, 0.3) is 0 Å². The number of benzene rings is 1. The van der Waals surface area contributed by atoms with Crippen molar-refractivity contribution in [2.24, 2.45) is 0 Å². The summed E-state index contributed by atoms with van der Waals surface area (Å²) in [6, 6.07) is 7.79. The number of furan rings is 1. The van der Waals surface area contributed by atoms with Crippen molar-refractivity contribution in [1.82, 2.24) is 5.32 Å². The maximum Gasteiger partial charge on any atom is 0.261 e. The van der Waals surface area contributed by atoms with Crippen LogP contribution in [0, 0.1) is 6.92 Å². The van der Waals surface area contributed by atoms with Gasteiger partial charge in [0.05, 0.1) is 11.2 Å². The van der Waals surface area contributed by atoms with Crippen LogP contribution in [0.4, 0.5) is 0 Å². The van der Waals surface area contributed by atoms with Crippen molar-refractivity contribution in [2.45, 2.75) is 18.2 Å². The van der Waals surface area contributed by atoms with Gasteiger partial charge in [-0.25, -0.2) is 8.42 Å². The van der Waals surface area contributed by atoms with E-state index in [-0.39, 0.29) is 16.4 Å². The second kappa shape index (κ2) is 6.32. The summed E-state index contributed by atoms with van der Waals surface area (Å²) in [5, 5.41) is 2.72. The van der Waals surface area contributed by atoms with E-state index in [0.717, 1.165) is 5.76 Å². The number of hydrogen-bond donors (Lipinski definition) is 1. The smallest absolute Gasteiger partial charge is 0.261 e. The molecule has 0 unspecified atom stereocenters. The quantitative estimate of drug-likeness (QED) is 0.856. The van der Waals surface area contributed by atoms with Crippen LogP contribution < -0.4 is 5.32 Å². The molecule has 1 aromatic heterocycles.